The Hall–Kier alpha value is -2.55. The van der Waals surface area contributed by atoms with Crippen LogP contribution in [-0.2, 0) is 9.53 Å². The number of rotatable bonds is 7. The Morgan fingerprint density at radius 2 is 1.84 bits per heavy atom. The highest BCUT2D eigenvalue weighted by Crippen LogP contribution is 2.40. The van der Waals surface area contributed by atoms with Crippen molar-refractivity contribution in [1.82, 2.24) is 14.8 Å². The number of aryl methyl sites for hydroxylation is 3. The zero-order valence-electron chi connectivity index (χ0n) is 18.8. The van der Waals surface area contributed by atoms with Crippen molar-refractivity contribution in [3.8, 4) is 0 Å². The van der Waals surface area contributed by atoms with Gasteiger partial charge in [-0.1, -0.05) is 29.8 Å². The van der Waals surface area contributed by atoms with Gasteiger partial charge in [-0.05, 0) is 32.8 Å². The van der Waals surface area contributed by atoms with Crippen LogP contribution in [0, 0.1) is 20.8 Å². The lowest BCUT2D eigenvalue weighted by molar-refractivity contribution is -0.129. The minimum Gasteiger partial charge on any atom is -0.503 e. The molecule has 8 heteroatoms. The Morgan fingerprint density at radius 3 is 2.47 bits per heavy atom. The van der Waals surface area contributed by atoms with Gasteiger partial charge in [0.1, 0.15) is 0 Å². The maximum atomic E-state index is 13.5. The van der Waals surface area contributed by atoms with Crippen molar-refractivity contribution in [2.75, 3.05) is 39.4 Å². The normalized spacial score (nSPS) is 19.8. The minimum absolute atomic E-state index is 0.150. The summed E-state index contributed by atoms with van der Waals surface area (Å²) in [7, 11) is 0. The number of hydrogen-bond acceptors (Lipinski definition) is 7. The number of aliphatic hydroxyl groups excluding tert-OH is 1. The smallest absolute Gasteiger partial charge is 0.290 e. The van der Waals surface area contributed by atoms with Gasteiger partial charge in [0.05, 0.1) is 40.4 Å². The van der Waals surface area contributed by atoms with E-state index in [9.17, 15) is 14.7 Å². The summed E-state index contributed by atoms with van der Waals surface area (Å²) in [5.41, 5.74) is 2.68. The third-order valence-corrected chi connectivity index (χ3v) is 7.10. The third-order valence-electron chi connectivity index (χ3n) is 6.03. The van der Waals surface area contributed by atoms with Crippen LogP contribution in [-0.4, -0.2) is 71.0 Å². The van der Waals surface area contributed by atoms with Crippen molar-refractivity contribution in [1.29, 1.82) is 0 Å². The largest absolute Gasteiger partial charge is 0.503 e. The van der Waals surface area contributed by atoms with E-state index in [1.54, 1.807) is 11.8 Å². The molecule has 1 saturated heterocycles. The monoisotopic (exact) mass is 455 g/mol. The molecule has 1 aromatic carbocycles. The summed E-state index contributed by atoms with van der Waals surface area (Å²) in [6.07, 6.45) is 0.752. The highest BCUT2D eigenvalue weighted by molar-refractivity contribution is 7.14. The van der Waals surface area contributed by atoms with Crippen molar-refractivity contribution in [2.45, 2.75) is 33.2 Å². The van der Waals surface area contributed by atoms with Crippen molar-refractivity contribution >= 4 is 23.0 Å². The highest BCUT2D eigenvalue weighted by Gasteiger charge is 2.44. The van der Waals surface area contributed by atoms with Gasteiger partial charge in [0, 0.05) is 26.2 Å². The number of ether oxygens (including phenoxy) is 1. The lowest BCUT2D eigenvalue weighted by Gasteiger charge is -2.30. The fourth-order valence-corrected chi connectivity index (χ4v) is 5.24. The number of benzene rings is 1. The maximum absolute atomic E-state index is 13.5. The molecule has 170 valence electrons. The van der Waals surface area contributed by atoms with Crippen molar-refractivity contribution in [2.24, 2.45) is 0 Å². The molecule has 1 N–H and O–H groups in total. The average Bonchev–Trinajstić information content (AvgIpc) is 3.25. The SMILES string of the molecule is Cc1ccc([C@H]2C(C(=O)c3sc(C)nc3C)=C(O)C(=O)N2CCCN2CCOCC2)cc1. The quantitative estimate of drug-likeness (QED) is 0.645. The topological polar surface area (TPSA) is 83.0 Å². The van der Waals surface area contributed by atoms with Crippen LogP contribution in [0.1, 0.15) is 44.0 Å². The zero-order valence-corrected chi connectivity index (χ0v) is 19.6. The molecule has 2 aliphatic heterocycles. The second-order valence-corrected chi connectivity index (χ2v) is 9.56. The number of ketones is 1. The van der Waals surface area contributed by atoms with Crippen LogP contribution >= 0.6 is 11.3 Å². The number of amides is 1. The highest BCUT2D eigenvalue weighted by atomic mass is 32.1. The molecule has 3 heterocycles. The molecule has 2 aromatic rings. The summed E-state index contributed by atoms with van der Waals surface area (Å²) in [5, 5.41) is 11.6. The van der Waals surface area contributed by atoms with Crippen LogP contribution in [0.4, 0.5) is 0 Å². The van der Waals surface area contributed by atoms with Crippen LogP contribution in [0.3, 0.4) is 0 Å². The van der Waals surface area contributed by atoms with E-state index >= 15 is 0 Å². The molecule has 2 aliphatic rings. The van der Waals surface area contributed by atoms with E-state index in [-0.39, 0.29) is 11.4 Å². The molecule has 0 radical (unpaired) electrons. The van der Waals surface area contributed by atoms with Crippen molar-refractivity contribution < 1.29 is 19.4 Å². The van der Waals surface area contributed by atoms with Gasteiger partial charge in [-0.3, -0.25) is 14.5 Å². The first-order valence-electron chi connectivity index (χ1n) is 11.0. The molecule has 0 spiro atoms. The number of aliphatic hydroxyl groups is 1. The van der Waals surface area contributed by atoms with Crippen molar-refractivity contribution in [3.63, 3.8) is 0 Å². The Bertz CT molecular complexity index is 1040. The van der Waals surface area contributed by atoms with Gasteiger partial charge in [-0.25, -0.2) is 4.98 Å². The second-order valence-electron chi connectivity index (χ2n) is 8.36. The average molecular weight is 456 g/mol. The van der Waals surface area contributed by atoms with E-state index in [4.69, 9.17) is 4.74 Å². The van der Waals surface area contributed by atoms with E-state index in [0.717, 1.165) is 55.4 Å². The fraction of sp³-hybridized carbons (Fsp3) is 0.458. The lowest BCUT2D eigenvalue weighted by atomic mass is 9.94. The van der Waals surface area contributed by atoms with E-state index in [1.807, 2.05) is 38.1 Å². The molecule has 0 unspecified atom stereocenters. The summed E-state index contributed by atoms with van der Waals surface area (Å²) in [6, 6.07) is 7.18. The molecule has 1 fully saturated rings. The van der Waals surface area contributed by atoms with Crippen LogP contribution in [0.25, 0.3) is 0 Å². The number of Topliss-reactive ketones (excluding diaryl/α,β-unsaturated/α-hetero) is 1. The predicted octanol–water partition coefficient (Wildman–Crippen LogP) is 3.37. The van der Waals surface area contributed by atoms with Gasteiger partial charge in [0.2, 0.25) is 5.78 Å². The molecule has 0 aliphatic carbocycles. The summed E-state index contributed by atoms with van der Waals surface area (Å²) in [4.78, 5) is 35.4. The molecule has 7 nitrogen and oxygen atoms in total. The predicted molar refractivity (Wildman–Crippen MR) is 123 cm³/mol. The van der Waals surface area contributed by atoms with Crippen LogP contribution < -0.4 is 0 Å². The number of hydrogen-bond donors (Lipinski definition) is 1. The van der Waals surface area contributed by atoms with Gasteiger partial charge >= 0.3 is 0 Å². The van der Waals surface area contributed by atoms with E-state index < -0.39 is 17.7 Å². The molecule has 4 rings (SSSR count). The summed E-state index contributed by atoms with van der Waals surface area (Å²) in [6.45, 7) is 10.1. The molecular formula is C24H29N3O4S. The Balaban J connectivity index is 1.63. The molecular weight excluding hydrogens is 426 g/mol. The maximum Gasteiger partial charge on any atom is 0.290 e. The van der Waals surface area contributed by atoms with Gasteiger partial charge in [-0.15, -0.1) is 11.3 Å². The van der Waals surface area contributed by atoms with Gasteiger partial charge in [0.25, 0.3) is 5.91 Å². The van der Waals surface area contributed by atoms with Gasteiger partial charge < -0.3 is 14.7 Å². The first-order chi connectivity index (χ1) is 15.4. The number of carbonyl (C=O) groups excluding carboxylic acids is 2. The van der Waals surface area contributed by atoms with Crippen LogP contribution in [0.2, 0.25) is 0 Å². The standard InChI is InChI=1S/C24H29N3O4S/c1-15-5-7-18(8-6-15)20-19(21(28)23-16(2)25-17(3)32-23)22(29)24(30)27(20)10-4-9-26-11-13-31-14-12-26/h5-8,20,29H,4,9-14H2,1-3H3/t20-/m0/s1. The Labute approximate surface area is 192 Å². The van der Waals surface area contributed by atoms with Crippen LogP contribution in [0.15, 0.2) is 35.6 Å². The number of thiazole rings is 1. The zero-order chi connectivity index (χ0) is 22.8. The molecule has 1 aromatic heterocycles. The number of nitrogens with zero attached hydrogens (tertiary/aromatic N) is 3. The Morgan fingerprint density at radius 1 is 1.16 bits per heavy atom. The lowest BCUT2D eigenvalue weighted by Crippen LogP contribution is -2.39. The van der Waals surface area contributed by atoms with E-state index in [0.29, 0.717) is 17.1 Å². The summed E-state index contributed by atoms with van der Waals surface area (Å²) < 4.78 is 5.40. The fourth-order valence-electron chi connectivity index (χ4n) is 4.37. The summed E-state index contributed by atoms with van der Waals surface area (Å²) >= 11 is 1.30. The van der Waals surface area contributed by atoms with Gasteiger partial charge in [-0.2, -0.15) is 0 Å². The molecule has 1 atom stereocenters. The van der Waals surface area contributed by atoms with E-state index in [2.05, 4.69) is 9.88 Å². The van der Waals surface area contributed by atoms with Crippen molar-refractivity contribution in [3.05, 3.63) is 62.3 Å². The molecule has 0 saturated carbocycles. The first kappa shape index (κ1) is 22.6. The molecule has 32 heavy (non-hydrogen) atoms. The minimum atomic E-state index is -0.609. The van der Waals surface area contributed by atoms with E-state index in [1.165, 1.54) is 11.3 Å². The third kappa shape index (κ3) is 4.48. The number of carbonyl (C=O) groups is 2. The second kappa shape index (κ2) is 9.52. The molecule has 0 bridgehead atoms. The number of morpholine rings is 1. The van der Waals surface area contributed by atoms with Gasteiger partial charge in [0.15, 0.2) is 5.76 Å². The number of aromatic nitrogens is 1. The molecule has 1 amide bonds. The summed E-state index contributed by atoms with van der Waals surface area (Å²) in [5.74, 6) is -1.25. The first-order valence-corrected chi connectivity index (χ1v) is 11.8. The van der Waals surface area contributed by atoms with Crippen LogP contribution in [0.5, 0.6) is 0 Å². The Kier molecular flexibility index (Phi) is 6.74.